The van der Waals surface area contributed by atoms with Crippen molar-refractivity contribution >= 4 is 23.7 Å². The van der Waals surface area contributed by atoms with Crippen molar-refractivity contribution in [3.8, 4) is 0 Å². The number of hydrogen-bond acceptors (Lipinski definition) is 10. The Morgan fingerprint density at radius 3 is 1.90 bits per heavy atom. The van der Waals surface area contributed by atoms with E-state index in [2.05, 4.69) is 21.4 Å². The number of rotatable bonds is 15. The topological polar surface area (TPSA) is 261 Å². The number of carboxylic acid groups (broad SMARTS) is 1. The van der Waals surface area contributed by atoms with E-state index < -0.39 is 54.0 Å². The van der Waals surface area contributed by atoms with Crippen LogP contribution in [-0.2, 0) is 19.2 Å². The minimum Gasteiger partial charge on any atom is -0.480 e. The zero-order chi connectivity index (χ0) is 23.3. The van der Waals surface area contributed by atoms with Gasteiger partial charge in [0.15, 0.2) is 0 Å². The standard InChI is InChI=1S/C16H34N8O6/c1-8(25)12(24-13(26)9(19)2-5-17)15(28)22-10(4-7-21-20)14(27)23-11(3-6-18)16(29)30/h8-12,21,25H,2-7,17-20H2,1H3,(H,22,28)(H,23,27)(H,24,26)(H,29,30)/t8-,9+,10+,11+,12+/m1/s1. The van der Waals surface area contributed by atoms with Gasteiger partial charge >= 0.3 is 5.97 Å². The first-order chi connectivity index (χ1) is 14.1. The molecule has 0 unspecified atom stereocenters. The Hall–Kier alpha value is -2.36. The van der Waals surface area contributed by atoms with Gasteiger partial charge < -0.3 is 43.4 Å². The summed E-state index contributed by atoms with van der Waals surface area (Å²) in [6, 6.07) is -4.81. The van der Waals surface area contributed by atoms with Crippen molar-refractivity contribution in [2.75, 3.05) is 19.6 Å². The van der Waals surface area contributed by atoms with Gasteiger partial charge in [-0.3, -0.25) is 25.7 Å². The molecule has 0 aliphatic rings. The van der Waals surface area contributed by atoms with Crippen LogP contribution < -0.4 is 44.4 Å². The van der Waals surface area contributed by atoms with Crippen LogP contribution in [0.2, 0.25) is 0 Å². The molecule has 0 saturated heterocycles. The molecular formula is C16H34N8O6. The fraction of sp³-hybridized carbons (Fsp3) is 0.750. The lowest BCUT2D eigenvalue weighted by Crippen LogP contribution is -2.60. The van der Waals surface area contributed by atoms with E-state index in [9.17, 15) is 24.3 Å². The third-order valence-electron chi connectivity index (χ3n) is 4.16. The maximum atomic E-state index is 12.6. The molecule has 3 amide bonds. The molecule has 14 nitrogen and oxygen atoms in total. The van der Waals surface area contributed by atoms with E-state index in [-0.39, 0.29) is 38.9 Å². The van der Waals surface area contributed by atoms with Crippen LogP contribution in [0.25, 0.3) is 0 Å². The zero-order valence-corrected chi connectivity index (χ0v) is 17.0. The van der Waals surface area contributed by atoms with Crippen molar-refractivity contribution in [2.45, 2.75) is 56.5 Å². The van der Waals surface area contributed by atoms with Gasteiger partial charge in [-0.15, -0.1) is 0 Å². The Morgan fingerprint density at radius 1 is 0.867 bits per heavy atom. The van der Waals surface area contributed by atoms with Gasteiger partial charge in [0.05, 0.1) is 12.1 Å². The summed E-state index contributed by atoms with van der Waals surface area (Å²) >= 11 is 0. The molecule has 30 heavy (non-hydrogen) atoms. The van der Waals surface area contributed by atoms with Crippen LogP contribution in [0.3, 0.4) is 0 Å². The van der Waals surface area contributed by atoms with Crippen LogP contribution in [0.15, 0.2) is 0 Å². The third kappa shape index (κ3) is 9.91. The van der Waals surface area contributed by atoms with Gasteiger partial charge in [-0.25, -0.2) is 4.79 Å². The third-order valence-corrected chi connectivity index (χ3v) is 4.16. The lowest BCUT2D eigenvalue weighted by atomic mass is 10.1. The van der Waals surface area contributed by atoms with Crippen molar-refractivity contribution < 1.29 is 29.4 Å². The van der Waals surface area contributed by atoms with Gasteiger partial charge in [0, 0.05) is 6.54 Å². The molecule has 174 valence electrons. The summed E-state index contributed by atoms with van der Waals surface area (Å²) in [5.41, 5.74) is 18.7. The fourth-order valence-electron chi connectivity index (χ4n) is 2.43. The molecule has 5 atom stereocenters. The molecule has 0 spiro atoms. The van der Waals surface area contributed by atoms with Crippen LogP contribution in [0.1, 0.15) is 26.2 Å². The predicted molar refractivity (Wildman–Crippen MR) is 107 cm³/mol. The molecule has 14 N–H and O–H groups in total. The van der Waals surface area contributed by atoms with Crippen molar-refractivity contribution in [1.29, 1.82) is 0 Å². The Bertz CT molecular complexity index is 576. The van der Waals surface area contributed by atoms with Gasteiger partial charge in [0.25, 0.3) is 0 Å². The van der Waals surface area contributed by atoms with Gasteiger partial charge in [-0.2, -0.15) is 0 Å². The Kier molecular flexibility index (Phi) is 13.4. The predicted octanol–water partition coefficient (Wildman–Crippen LogP) is -5.22. The summed E-state index contributed by atoms with van der Waals surface area (Å²) in [7, 11) is 0. The molecule has 0 heterocycles. The summed E-state index contributed by atoms with van der Waals surface area (Å²) in [5.74, 6) is 1.60. The molecule has 14 heteroatoms. The molecule has 0 rings (SSSR count). The Labute approximate surface area is 174 Å². The molecule has 0 radical (unpaired) electrons. The first-order valence-electron chi connectivity index (χ1n) is 9.50. The molecule has 0 aliphatic heterocycles. The molecule has 0 saturated carbocycles. The number of aliphatic hydroxyl groups excluding tert-OH is 1. The molecule has 0 bridgehead atoms. The van der Waals surface area contributed by atoms with E-state index in [1.54, 1.807) is 0 Å². The second-order valence-corrected chi connectivity index (χ2v) is 6.69. The molecule has 0 fully saturated rings. The normalized spacial score (nSPS) is 15.9. The van der Waals surface area contributed by atoms with Crippen LogP contribution in [0, 0.1) is 0 Å². The quantitative estimate of drug-likeness (QED) is 0.0859. The van der Waals surface area contributed by atoms with E-state index >= 15 is 0 Å². The first kappa shape index (κ1) is 27.6. The summed E-state index contributed by atoms with van der Waals surface area (Å²) in [6.07, 6.45) is -1.14. The summed E-state index contributed by atoms with van der Waals surface area (Å²) in [5, 5.41) is 26.0. The van der Waals surface area contributed by atoms with Crippen LogP contribution in [-0.4, -0.2) is 83.8 Å². The van der Waals surface area contributed by atoms with Gasteiger partial charge in [0.1, 0.15) is 18.1 Å². The van der Waals surface area contributed by atoms with Crippen molar-refractivity contribution in [3.05, 3.63) is 0 Å². The summed E-state index contributed by atoms with van der Waals surface area (Å²) in [6.45, 7) is 1.57. The maximum absolute atomic E-state index is 12.6. The number of nitrogens with two attached hydrogens (primary N) is 4. The highest BCUT2D eigenvalue weighted by molar-refractivity contribution is 5.94. The van der Waals surface area contributed by atoms with Gasteiger partial charge in [-0.1, -0.05) is 0 Å². The number of hydrogen-bond donors (Lipinski definition) is 10. The van der Waals surface area contributed by atoms with Crippen LogP contribution >= 0.6 is 0 Å². The Balaban J connectivity index is 5.29. The van der Waals surface area contributed by atoms with Crippen molar-refractivity contribution in [2.24, 2.45) is 23.0 Å². The first-order valence-corrected chi connectivity index (χ1v) is 9.50. The van der Waals surface area contributed by atoms with E-state index in [1.165, 1.54) is 6.92 Å². The van der Waals surface area contributed by atoms with E-state index in [0.29, 0.717) is 0 Å². The number of carbonyl (C=O) groups is 4. The Morgan fingerprint density at radius 2 is 1.43 bits per heavy atom. The molecule has 0 aromatic rings. The van der Waals surface area contributed by atoms with E-state index in [1.807, 2.05) is 0 Å². The summed E-state index contributed by atoms with van der Waals surface area (Å²) in [4.78, 5) is 48.4. The van der Waals surface area contributed by atoms with Crippen LogP contribution in [0.5, 0.6) is 0 Å². The maximum Gasteiger partial charge on any atom is 0.326 e. The minimum absolute atomic E-state index is 0.0101. The number of nitrogens with one attached hydrogen (secondary N) is 4. The van der Waals surface area contributed by atoms with Crippen LogP contribution in [0.4, 0.5) is 0 Å². The second kappa shape index (κ2) is 14.6. The molecule has 0 aliphatic carbocycles. The molecule has 0 aromatic heterocycles. The van der Waals surface area contributed by atoms with E-state index in [0.717, 1.165) is 0 Å². The van der Waals surface area contributed by atoms with Gasteiger partial charge in [0.2, 0.25) is 17.7 Å². The second-order valence-electron chi connectivity index (χ2n) is 6.69. The number of hydrazine groups is 1. The number of carboxylic acids is 1. The highest BCUT2D eigenvalue weighted by atomic mass is 16.4. The van der Waals surface area contributed by atoms with Crippen molar-refractivity contribution in [3.63, 3.8) is 0 Å². The molecule has 0 aromatic carbocycles. The number of carbonyl (C=O) groups excluding carboxylic acids is 3. The average molecular weight is 434 g/mol. The fourth-order valence-corrected chi connectivity index (χ4v) is 2.43. The highest BCUT2D eigenvalue weighted by Crippen LogP contribution is 2.01. The SMILES string of the molecule is C[C@@H](O)[C@H](NC(=O)[C@@H](N)CCN)C(=O)N[C@@H](CCNN)C(=O)N[C@@H](CCN)C(=O)O. The van der Waals surface area contributed by atoms with Gasteiger partial charge in [-0.05, 0) is 39.3 Å². The van der Waals surface area contributed by atoms with Crippen molar-refractivity contribution in [1.82, 2.24) is 21.4 Å². The number of amides is 3. The lowest BCUT2D eigenvalue weighted by molar-refractivity contribution is -0.142. The summed E-state index contributed by atoms with van der Waals surface area (Å²) < 4.78 is 0. The average Bonchev–Trinajstić information content (AvgIpc) is 2.68. The largest absolute Gasteiger partial charge is 0.480 e. The zero-order valence-electron chi connectivity index (χ0n) is 17.0. The smallest absolute Gasteiger partial charge is 0.326 e. The van der Waals surface area contributed by atoms with E-state index in [4.69, 9.17) is 28.2 Å². The lowest BCUT2D eigenvalue weighted by Gasteiger charge is -2.26. The number of aliphatic carboxylic acids is 1. The molecular weight excluding hydrogens is 400 g/mol. The number of aliphatic hydroxyl groups is 1. The highest BCUT2D eigenvalue weighted by Gasteiger charge is 2.32. The monoisotopic (exact) mass is 434 g/mol. The minimum atomic E-state index is -1.40.